The highest BCUT2D eigenvalue weighted by molar-refractivity contribution is 6.30. The molecule has 1 fully saturated rings. The molecule has 0 aromatic heterocycles. The first-order valence-corrected chi connectivity index (χ1v) is 10.5. The average Bonchev–Trinajstić information content (AvgIpc) is 2.71. The van der Waals surface area contributed by atoms with E-state index in [1.807, 2.05) is 41.3 Å². The molecular formula is C23H28ClN3O2. The molecular weight excluding hydrogens is 386 g/mol. The van der Waals surface area contributed by atoms with Crippen LogP contribution in [0.5, 0.6) is 0 Å². The Kier molecular flexibility index (Phi) is 7.15. The van der Waals surface area contributed by atoms with E-state index < -0.39 is 0 Å². The van der Waals surface area contributed by atoms with Gasteiger partial charge in [0.2, 0.25) is 0 Å². The second-order valence-corrected chi connectivity index (χ2v) is 8.26. The van der Waals surface area contributed by atoms with Crippen LogP contribution in [0.2, 0.25) is 5.02 Å². The van der Waals surface area contributed by atoms with Crippen LogP contribution in [0.15, 0.2) is 48.5 Å². The molecule has 0 atom stereocenters. The molecule has 5 nitrogen and oxygen atoms in total. The first-order valence-electron chi connectivity index (χ1n) is 10.1. The Balaban J connectivity index is 1.68. The summed E-state index contributed by atoms with van der Waals surface area (Å²) in [5.74, 6) is 0.439. The standard InChI is InChI=1S/C23H28ClN3O2/c1-17(2)11-12-25-22(28)19-5-3-6-21(15-19)27-14-4-13-26(23(27)29)16-18-7-9-20(24)10-8-18/h3,5-10,15,17H,4,11-14,16H2,1-2H3,(H,25,28). The number of hydrogen-bond acceptors (Lipinski definition) is 2. The Hall–Kier alpha value is -2.53. The predicted molar refractivity (Wildman–Crippen MR) is 117 cm³/mol. The van der Waals surface area contributed by atoms with E-state index in [9.17, 15) is 9.59 Å². The van der Waals surface area contributed by atoms with Crippen LogP contribution in [0.1, 0.15) is 42.6 Å². The van der Waals surface area contributed by atoms with Gasteiger partial charge in [0, 0.05) is 42.5 Å². The number of nitrogens with one attached hydrogen (secondary N) is 1. The van der Waals surface area contributed by atoms with Crippen molar-refractivity contribution < 1.29 is 9.59 Å². The van der Waals surface area contributed by atoms with E-state index in [0.717, 1.165) is 24.1 Å². The minimum Gasteiger partial charge on any atom is -0.352 e. The van der Waals surface area contributed by atoms with Gasteiger partial charge in [-0.2, -0.15) is 0 Å². The summed E-state index contributed by atoms with van der Waals surface area (Å²) in [5.41, 5.74) is 2.38. The number of hydrogen-bond donors (Lipinski definition) is 1. The molecule has 1 N–H and O–H groups in total. The van der Waals surface area contributed by atoms with Gasteiger partial charge in [-0.3, -0.25) is 9.69 Å². The number of carbonyl (C=O) groups is 2. The van der Waals surface area contributed by atoms with Crippen LogP contribution in [0.25, 0.3) is 0 Å². The number of urea groups is 1. The lowest BCUT2D eigenvalue weighted by atomic mass is 10.1. The summed E-state index contributed by atoms with van der Waals surface area (Å²) in [6.45, 7) is 6.82. The van der Waals surface area contributed by atoms with Gasteiger partial charge in [0.15, 0.2) is 0 Å². The van der Waals surface area contributed by atoms with E-state index in [2.05, 4.69) is 19.2 Å². The summed E-state index contributed by atoms with van der Waals surface area (Å²) in [7, 11) is 0. The maximum atomic E-state index is 13.1. The van der Waals surface area contributed by atoms with Crippen molar-refractivity contribution in [3.8, 4) is 0 Å². The summed E-state index contributed by atoms with van der Waals surface area (Å²) in [5, 5.41) is 3.64. The largest absolute Gasteiger partial charge is 0.352 e. The summed E-state index contributed by atoms with van der Waals surface area (Å²) in [6, 6.07) is 14.8. The van der Waals surface area contributed by atoms with Gasteiger partial charge in [-0.25, -0.2) is 4.79 Å². The third-order valence-electron chi connectivity index (χ3n) is 5.03. The Bertz CT molecular complexity index is 851. The Morgan fingerprint density at radius 3 is 2.62 bits per heavy atom. The number of nitrogens with zero attached hydrogens (tertiary/aromatic N) is 2. The molecule has 0 aliphatic carbocycles. The van der Waals surface area contributed by atoms with Gasteiger partial charge in [0.1, 0.15) is 0 Å². The molecule has 3 amide bonds. The molecule has 0 unspecified atom stereocenters. The minimum atomic E-state index is -0.102. The molecule has 1 aliphatic rings. The van der Waals surface area contributed by atoms with E-state index in [0.29, 0.717) is 42.7 Å². The minimum absolute atomic E-state index is 0.0384. The van der Waals surface area contributed by atoms with Crippen molar-refractivity contribution in [2.45, 2.75) is 33.2 Å². The quantitative estimate of drug-likeness (QED) is 0.698. The molecule has 154 valence electrons. The molecule has 0 saturated carbocycles. The molecule has 6 heteroatoms. The maximum Gasteiger partial charge on any atom is 0.324 e. The third-order valence-corrected chi connectivity index (χ3v) is 5.28. The Morgan fingerprint density at radius 2 is 1.90 bits per heavy atom. The zero-order chi connectivity index (χ0) is 20.8. The smallest absolute Gasteiger partial charge is 0.324 e. The average molecular weight is 414 g/mol. The number of amides is 3. The van der Waals surface area contributed by atoms with Gasteiger partial charge in [-0.15, -0.1) is 0 Å². The molecule has 1 aliphatic heterocycles. The highest BCUT2D eigenvalue weighted by atomic mass is 35.5. The number of carbonyl (C=O) groups excluding carboxylic acids is 2. The predicted octanol–water partition coefficient (Wildman–Crippen LogP) is 4.95. The summed E-state index contributed by atoms with van der Waals surface area (Å²) < 4.78 is 0. The second kappa shape index (κ2) is 9.79. The monoisotopic (exact) mass is 413 g/mol. The van der Waals surface area contributed by atoms with Crippen molar-refractivity contribution in [3.05, 3.63) is 64.7 Å². The van der Waals surface area contributed by atoms with Gasteiger partial charge < -0.3 is 10.2 Å². The molecule has 2 aromatic carbocycles. The SMILES string of the molecule is CC(C)CCNC(=O)c1cccc(N2CCCN(Cc3ccc(Cl)cc3)C2=O)c1. The van der Waals surface area contributed by atoms with Gasteiger partial charge in [0.25, 0.3) is 5.91 Å². The summed E-state index contributed by atoms with van der Waals surface area (Å²) in [4.78, 5) is 29.1. The Labute approximate surface area is 177 Å². The van der Waals surface area contributed by atoms with Crippen molar-refractivity contribution in [2.75, 3.05) is 24.5 Å². The fourth-order valence-corrected chi connectivity index (χ4v) is 3.50. The van der Waals surface area contributed by atoms with Crippen LogP contribution in [-0.4, -0.2) is 36.5 Å². The highest BCUT2D eigenvalue weighted by Crippen LogP contribution is 2.23. The molecule has 1 heterocycles. The van der Waals surface area contributed by atoms with E-state index in [1.165, 1.54) is 0 Å². The number of rotatable bonds is 7. The lowest BCUT2D eigenvalue weighted by Gasteiger charge is -2.35. The van der Waals surface area contributed by atoms with Crippen LogP contribution in [0.4, 0.5) is 10.5 Å². The van der Waals surface area contributed by atoms with Crippen LogP contribution in [0.3, 0.4) is 0 Å². The van der Waals surface area contributed by atoms with Crippen LogP contribution in [-0.2, 0) is 6.54 Å². The van der Waals surface area contributed by atoms with Crippen molar-refractivity contribution in [2.24, 2.45) is 5.92 Å². The third kappa shape index (κ3) is 5.73. The van der Waals surface area contributed by atoms with Crippen LogP contribution < -0.4 is 10.2 Å². The summed E-state index contributed by atoms with van der Waals surface area (Å²) >= 11 is 5.95. The fraction of sp³-hybridized carbons (Fsp3) is 0.391. The number of anilines is 1. The lowest BCUT2D eigenvalue weighted by molar-refractivity contribution is 0.0952. The lowest BCUT2D eigenvalue weighted by Crippen LogP contribution is -2.49. The first kappa shape index (κ1) is 21.2. The normalized spacial score (nSPS) is 14.4. The maximum absolute atomic E-state index is 13.1. The number of halogens is 1. The first-order chi connectivity index (χ1) is 13.9. The van der Waals surface area contributed by atoms with Crippen molar-refractivity contribution in [3.63, 3.8) is 0 Å². The van der Waals surface area contributed by atoms with E-state index in [-0.39, 0.29) is 11.9 Å². The zero-order valence-electron chi connectivity index (χ0n) is 17.0. The Morgan fingerprint density at radius 1 is 1.14 bits per heavy atom. The van der Waals surface area contributed by atoms with Crippen molar-refractivity contribution in [1.82, 2.24) is 10.2 Å². The van der Waals surface area contributed by atoms with E-state index >= 15 is 0 Å². The second-order valence-electron chi connectivity index (χ2n) is 7.82. The van der Waals surface area contributed by atoms with Crippen molar-refractivity contribution >= 4 is 29.2 Å². The zero-order valence-corrected chi connectivity index (χ0v) is 17.8. The van der Waals surface area contributed by atoms with Gasteiger partial charge >= 0.3 is 6.03 Å². The van der Waals surface area contributed by atoms with Gasteiger partial charge in [-0.1, -0.05) is 43.6 Å². The molecule has 29 heavy (non-hydrogen) atoms. The highest BCUT2D eigenvalue weighted by Gasteiger charge is 2.27. The van der Waals surface area contributed by atoms with Gasteiger partial charge in [0.05, 0.1) is 0 Å². The number of benzene rings is 2. The topological polar surface area (TPSA) is 52.7 Å². The molecule has 3 rings (SSSR count). The fourth-order valence-electron chi connectivity index (χ4n) is 3.37. The summed E-state index contributed by atoms with van der Waals surface area (Å²) in [6.07, 6.45) is 1.82. The molecule has 0 spiro atoms. The van der Waals surface area contributed by atoms with E-state index in [1.54, 1.807) is 17.0 Å². The molecule has 1 saturated heterocycles. The molecule has 2 aromatic rings. The van der Waals surface area contributed by atoms with Gasteiger partial charge in [-0.05, 0) is 54.7 Å². The van der Waals surface area contributed by atoms with Crippen LogP contribution in [0, 0.1) is 5.92 Å². The van der Waals surface area contributed by atoms with Crippen LogP contribution >= 0.6 is 11.6 Å². The molecule has 0 radical (unpaired) electrons. The molecule has 0 bridgehead atoms. The van der Waals surface area contributed by atoms with E-state index in [4.69, 9.17) is 11.6 Å². The van der Waals surface area contributed by atoms with Crippen molar-refractivity contribution in [1.29, 1.82) is 0 Å².